The fourth-order valence-corrected chi connectivity index (χ4v) is 0.791. The minimum atomic E-state index is 0.699. The molecule has 0 saturated carbocycles. The van der Waals surface area contributed by atoms with E-state index in [-0.39, 0.29) is 0 Å². The summed E-state index contributed by atoms with van der Waals surface area (Å²) in [7, 11) is 0. The zero-order chi connectivity index (χ0) is 7.52. The van der Waals surface area contributed by atoms with Crippen molar-refractivity contribution in [1.82, 2.24) is 15.2 Å². The van der Waals surface area contributed by atoms with Crippen molar-refractivity contribution in [3.8, 4) is 11.5 Å². The van der Waals surface area contributed by atoms with Gasteiger partial charge in [-0.2, -0.15) is 5.10 Å². The van der Waals surface area contributed by atoms with Gasteiger partial charge in [0.05, 0.1) is 12.5 Å². The highest BCUT2D eigenvalue weighted by Crippen LogP contribution is 2.13. The summed E-state index contributed by atoms with van der Waals surface area (Å²) < 4.78 is 5.09. The van der Waals surface area contributed by atoms with Crippen molar-refractivity contribution in [1.29, 1.82) is 0 Å². The maximum Gasteiger partial charge on any atom is 0.153 e. The van der Waals surface area contributed by atoms with Crippen LogP contribution in [0.4, 0.5) is 0 Å². The van der Waals surface area contributed by atoms with Crippen LogP contribution in [0.25, 0.3) is 11.5 Å². The first-order valence-electron chi connectivity index (χ1n) is 3.13. The van der Waals surface area contributed by atoms with Crippen LogP contribution in [0, 0.1) is 0 Å². The Hall–Kier alpha value is -1.71. The molecule has 0 fully saturated rings. The lowest BCUT2D eigenvalue weighted by Crippen LogP contribution is -1.84. The van der Waals surface area contributed by atoms with E-state index in [9.17, 15) is 0 Å². The van der Waals surface area contributed by atoms with Gasteiger partial charge in [-0.25, -0.2) is 4.98 Å². The SMILES string of the molecule is c1coc(-c2cnncn2)c1. The van der Waals surface area contributed by atoms with E-state index < -0.39 is 0 Å². The van der Waals surface area contributed by atoms with Crippen molar-refractivity contribution in [2.45, 2.75) is 0 Å². The van der Waals surface area contributed by atoms with E-state index in [1.807, 2.05) is 6.07 Å². The second-order valence-corrected chi connectivity index (χ2v) is 1.97. The van der Waals surface area contributed by atoms with Crippen LogP contribution in [-0.2, 0) is 0 Å². The van der Waals surface area contributed by atoms with Crippen molar-refractivity contribution in [2.75, 3.05) is 0 Å². The molecular formula is C7H5N3O. The van der Waals surface area contributed by atoms with E-state index in [0.717, 1.165) is 0 Å². The monoisotopic (exact) mass is 147 g/mol. The van der Waals surface area contributed by atoms with Crippen LogP contribution in [0.2, 0.25) is 0 Å². The van der Waals surface area contributed by atoms with Gasteiger partial charge in [-0.1, -0.05) is 0 Å². The third-order valence-corrected chi connectivity index (χ3v) is 1.27. The Bertz CT molecular complexity index is 317. The highest BCUT2D eigenvalue weighted by molar-refractivity contribution is 5.48. The molecule has 2 rings (SSSR count). The smallest absolute Gasteiger partial charge is 0.153 e. The van der Waals surface area contributed by atoms with E-state index >= 15 is 0 Å². The zero-order valence-corrected chi connectivity index (χ0v) is 5.64. The number of nitrogens with zero attached hydrogens (tertiary/aromatic N) is 3. The van der Waals surface area contributed by atoms with Gasteiger partial charge in [-0.15, -0.1) is 5.10 Å². The number of rotatable bonds is 1. The molecule has 0 aliphatic carbocycles. The number of hydrogen-bond acceptors (Lipinski definition) is 4. The molecule has 54 valence electrons. The van der Waals surface area contributed by atoms with Gasteiger partial charge < -0.3 is 4.42 Å². The third kappa shape index (κ3) is 1.10. The van der Waals surface area contributed by atoms with Crippen LogP contribution in [-0.4, -0.2) is 15.2 Å². The van der Waals surface area contributed by atoms with Gasteiger partial charge in [0.25, 0.3) is 0 Å². The molecule has 2 heterocycles. The van der Waals surface area contributed by atoms with Crippen molar-refractivity contribution in [2.24, 2.45) is 0 Å². The molecule has 0 unspecified atom stereocenters. The van der Waals surface area contributed by atoms with Crippen LogP contribution < -0.4 is 0 Å². The van der Waals surface area contributed by atoms with Crippen molar-refractivity contribution in [3.63, 3.8) is 0 Å². The maximum absolute atomic E-state index is 5.09. The molecule has 0 aromatic carbocycles. The zero-order valence-electron chi connectivity index (χ0n) is 5.64. The Kier molecular flexibility index (Phi) is 1.37. The fourth-order valence-electron chi connectivity index (χ4n) is 0.791. The first-order valence-corrected chi connectivity index (χ1v) is 3.13. The summed E-state index contributed by atoms with van der Waals surface area (Å²) in [4.78, 5) is 3.95. The molecule has 2 aromatic rings. The van der Waals surface area contributed by atoms with Crippen LogP contribution in [0.5, 0.6) is 0 Å². The summed E-state index contributed by atoms with van der Waals surface area (Å²) >= 11 is 0. The summed E-state index contributed by atoms with van der Waals surface area (Å²) in [5.41, 5.74) is 0.699. The first kappa shape index (κ1) is 6.03. The molecule has 0 N–H and O–H groups in total. The molecule has 0 radical (unpaired) electrons. The Morgan fingerprint density at radius 1 is 1.27 bits per heavy atom. The molecule has 0 aliphatic rings. The minimum Gasteiger partial charge on any atom is -0.463 e. The summed E-state index contributed by atoms with van der Waals surface area (Å²) in [6, 6.07) is 3.63. The molecule has 2 aromatic heterocycles. The Morgan fingerprint density at radius 2 is 2.27 bits per heavy atom. The Morgan fingerprint density at radius 3 is 2.91 bits per heavy atom. The van der Waals surface area contributed by atoms with E-state index in [4.69, 9.17) is 4.42 Å². The van der Waals surface area contributed by atoms with Gasteiger partial charge in [-0.05, 0) is 12.1 Å². The summed E-state index contributed by atoms with van der Waals surface area (Å²) in [6.07, 6.45) is 4.54. The standard InChI is InChI=1S/C7H5N3O/c1-2-7(11-3-1)6-4-9-10-5-8-6/h1-5H. The van der Waals surface area contributed by atoms with Gasteiger partial charge in [0, 0.05) is 0 Å². The summed E-state index contributed by atoms with van der Waals surface area (Å²) in [5.74, 6) is 0.708. The molecule has 0 bridgehead atoms. The van der Waals surface area contributed by atoms with Gasteiger partial charge in [0.1, 0.15) is 12.0 Å². The number of aromatic nitrogens is 3. The molecule has 4 nitrogen and oxygen atoms in total. The predicted octanol–water partition coefficient (Wildman–Crippen LogP) is 1.13. The molecule has 0 atom stereocenters. The predicted molar refractivity (Wildman–Crippen MR) is 37.5 cm³/mol. The van der Waals surface area contributed by atoms with Gasteiger partial charge in [0.2, 0.25) is 0 Å². The van der Waals surface area contributed by atoms with E-state index in [1.54, 1.807) is 18.5 Å². The molecule has 0 spiro atoms. The summed E-state index contributed by atoms with van der Waals surface area (Å²) in [5, 5.41) is 7.22. The lowest BCUT2D eigenvalue weighted by atomic mass is 10.3. The van der Waals surface area contributed by atoms with Crippen molar-refractivity contribution in [3.05, 3.63) is 30.9 Å². The molecule has 11 heavy (non-hydrogen) atoms. The molecule has 4 heteroatoms. The Labute approximate surface area is 62.9 Å². The lowest BCUT2D eigenvalue weighted by molar-refractivity contribution is 0.579. The highest BCUT2D eigenvalue weighted by Gasteiger charge is 1.99. The molecule has 0 aliphatic heterocycles. The van der Waals surface area contributed by atoms with Crippen LogP contribution in [0.3, 0.4) is 0 Å². The van der Waals surface area contributed by atoms with Gasteiger partial charge in [-0.3, -0.25) is 0 Å². The van der Waals surface area contributed by atoms with Gasteiger partial charge >= 0.3 is 0 Å². The van der Waals surface area contributed by atoms with Crippen LogP contribution in [0.1, 0.15) is 0 Å². The van der Waals surface area contributed by atoms with Crippen molar-refractivity contribution >= 4 is 0 Å². The summed E-state index contributed by atoms with van der Waals surface area (Å²) in [6.45, 7) is 0. The lowest BCUT2D eigenvalue weighted by Gasteiger charge is -1.89. The average molecular weight is 147 g/mol. The largest absolute Gasteiger partial charge is 0.463 e. The number of hydrogen-bond donors (Lipinski definition) is 0. The Balaban J connectivity index is 2.46. The minimum absolute atomic E-state index is 0.699. The second kappa shape index (κ2) is 2.49. The normalized spacial score (nSPS) is 9.82. The first-order chi connectivity index (χ1) is 5.47. The topological polar surface area (TPSA) is 51.8 Å². The van der Waals surface area contributed by atoms with E-state index in [1.165, 1.54) is 6.33 Å². The molecular weight excluding hydrogens is 142 g/mol. The second-order valence-electron chi connectivity index (χ2n) is 1.97. The maximum atomic E-state index is 5.09. The molecule has 0 amide bonds. The van der Waals surface area contributed by atoms with E-state index in [2.05, 4.69) is 15.2 Å². The van der Waals surface area contributed by atoms with Crippen LogP contribution >= 0.6 is 0 Å². The quantitative estimate of drug-likeness (QED) is 0.606. The third-order valence-electron chi connectivity index (χ3n) is 1.27. The number of furan rings is 1. The van der Waals surface area contributed by atoms with Crippen LogP contribution in [0.15, 0.2) is 35.3 Å². The van der Waals surface area contributed by atoms with E-state index in [0.29, 0.717) is 11.5 Å². The highest BCUT2D eigenvalue weighted by atomic mass is 16.3. The average Bonchev–Trinajstić information content (AvgIpc) is 2.58. The van der Waals surface area contributed by atoms with Gasteiger partial charge in [0.15, 0.2) is 5.76 Å². The fraction of sp³-hybridized carbons (Fsp3) is 0. The van der Waals surface area contributed by atoms with Crippen molar-refractivity contribution < 1.29 is 4.42 Å². The molecule has 0 saturated heterocycles.